The van der Waals surface area contributed by atoms with Gasteiger partial charge in [0.25, 0.3) is 0 Å². The first kappa shape index (κ1) is 16.6. The molecule has 0 unspecified atom stereocenters. The predicted octanol–water partition coefficient (Wildman–Crippen LogP) is 4.85. The van der Waals surface area contributed by atoms with E-state index in [2.05, 4.69) is 65.5 Å². The molecule has 0 aliphatic heterocycles. The van der Waals surface area contributed by atoms with E-state index in [-0.39, 0.29) is 5.41 Å². The van der Waals surface area contributed by atoms with Gasteiger partial charge in [0.15, 0.2) is 5.82 Å². The lowest BCUT2D eigenvalue weighted by Crippen LogP contribution is -2.10. The lowest BCUT2D eigenvalue weighted by atomic mass is 9.87. The third-order valence-corrected chi connectivity index (χ3v) is 4.90. The van der Waals surface area contributed by atoms with Crippen LogP contribution in [0.5, 0.6) is 0 Å². The molecule has 2 aromatic rings. The van der Waals surface area contributed by atoms with Crippen LogP contribution in [0, 0.1) is 3.57 Å². The number of ether oxygens (including phenoxy) is 1. The Hall–Kier alpha value is -0.720. The molecular weight excluding hydrogens is 399 g/mol. The zero-order valence-electron chi connectivity index (χ0n) is 12.6. The predicted molar refractivity (Wildman–Crippen MR) is 94.6 cm³/mol. The molecule has 0 aliphatic carbocycles. The van der Waals surface area contributed by atoms with Crippen molar-refractivity contribution in [2.45, 2.75) is 32.8 Å². The molecule has 1 aromatic heterocycles. The second-order valence-electron chi connectivity index (χ2n) is 5.86. The summed E-state index contributed by atoms with van der Waals surface area (Å²) in [6.45, 7) is 7.00. The first-order valence-corrected chi connectivity index (χ1v) is 8.10. The summed E-state index contributed by atoms with van der Waals surface area (Å²) in [6, 6.07) is 8.30. The van der Waals surface area contributed by atoms with E-state index in [0.29, 0.717) is 17.6 Å². The Morgan fingerprint density at radius 1 is 1.14 bits per heavy atom. The van der Waals surface area contributed by atoms with Crippen LogP contribution in [-0.4, -0.2) is 17.1 Å². The molecule has 5 heteroatoms. The Morgan fingerprint density at radius 2 is 1.76 bits per heavy atom. The van der Waals surface area contributed by atoms with Crippen LogP contribution in [0.1, 0.15) is 32.0 Å². The van der Waals surface area contributed by atoms with Crippen molar-refractivity contribution in [2.24, 2.45) is 0 Å². The molecule has 2 rings (SSSR count). The van der Waals surface area contributed by atoms with Crippen molar-refractivity contribution in [3.63, 3.8) is 0 Å². The molecule has 0 fully saturated rings. The normalized spacial score (nSPS) is 11.7. The van der Waals surface area contributed by atoms with E-state index in [9.17, 15) is 0 Å². The summed E-state index contributed by atoms with van der Waals surface area (Å²) < 4.78 is 6.00. The summed E-state index contributed by atoms with van der Waals surface area (Å²) in [5.74, 6) is 0.632. The van der Waals surface area contributed by atoms with Crippen LogP contribution < -0.4 is 0 Å². The zero-order valence-corrected chi connectivity index (χ0v) is 15.5. The van der Waals surface area contributed by atoms with Gasteiger partial charge in [-0.25, -0.2) is 9.97 Å². The van der Waals surface area contributed by atoms with Crippen molar-refractivity contribution in [1.82, 2.24) is 9.97 Å². The average molecular weight is 417 g/mol. The van der Waals surface area contributed by atoms with Crippen LogP contribution in [0.15, 0.2) is 24.3 Å². The van der Waals surface area contributed by atoms with Gasteiger partial charge >= 0.3 is 0 Å². The Balaban J connectivity index is 2.42. The van der Waals surface area contributed by atoms with E-state index >= 15 is 0 Å². The fourth-order valence-electron chi connectivity index (χ4n) is 1.94. The molecule has 0 aliphatic rings. The van der Waals surface area contributed by atoms with Crippen LogP contribution in [0.4, 0.5) is 0 Å². The quantitative estimate of drug-likeness (QED) is 0.530. The molecule has 0 amide bonds. The van der Waals surface area contributed by atoms with Gasteiger partial charge in [-0.15, -0.1) is 0 Å². The fraction of sp³-hybridized carbons (Fsp3) is 0.375. The number of methoxy groups -OCH3 is 1. The number of hydrogen-bond donors (Lipinski definition) is 0. The third kappa shape index (κ3) is 3.93. The smallest absolute Gasteiger partial charge is 0.161 e. The summed E-state index contributed by atoms with van der Waals surface area (Å²) >= 11 is 8.34. The molecule has 0 atom stereocenters. The largest absolute Gasteiger partial charge is 0.378 e. The minimum atomic E-state index is 0.129. The maximum absolute atomic E-state index is 6.19. The van der Waals surface area contributed by atoms with E-state index in [0.717, 1.165) is 14.8 Å². The molecule has 1 aromatic carbocycles. The maximum Gasteiger partial charge on any atom is 0.161 e. The lowest BCUT2D eigenvalue weighted by Gasteiger charge is -2.19. The molecule has 3 nitrogen and oxygen atoms in total. The van der Waals surface area contributed by atoms with Crippen molar-refractivity contribution in [3.8, 4) is 11.4 Å². The number of aromatic nitrogens is 2. The highest BCUT2D eigenvalue weighted by molar-refractivity contribution is 14.1. The van der Waals surface area contributed by atoms with E-state index in [1.54, 1.807) is 7.11 Å². The standard InChI is InChI=1S/C16H18ClIN2O/c1-16(2,3)11-7-5-10(6-8-11)15-19-12(9-21-4)13(18)14(17)20-15/h5-8H,9H2,1-4H3. The van der Waals surface area contributed by atoms with E-state index in [4.69, 9.17) is 16.3 Å². The van der Waals surface area contributed by atoms with Gasteiger partial charge in [-0.05, 0) is 33.6 Å². The molecular formula is C16H18ClIN2O. The van der Waals surface area contributed by atoms with Gasteiger partial charge in [-0.2, -0.15) is 0 Å². The zero-order chi connectivity index (χ0) is 15.6. The molecule has 0 N–H and O–H groups in total. The van der Waals surface area contributed by atoms with Gasteiger partial charge in [0, 0.05) is 12.7 Å². The highest BCUT2D eigenvalue weighted by atomic mass is 127. The van der Waals surface area contributed by atoms with Crippen LogP contribution >= 0.6 is 34.2 Å². The van der Waals surface area contributed by atoms with Gasteiger partial charge < -0.3 is 4.74 Å². The second-order valence-corrected chi connectivity index (χ2v) is 7.30. The Kier molecular flexibility index (Phi) is 5.22. The summed E-state index contributed by atoms with van der Waals surface area (Å²) in [5.41, 5.74) is 3.18. The van der Waals surface area contributed by atoms with Gasteiger partial charge in [-0.1, -0.05) is 56.6 Å². The molecule has 21 heavy (non-hydrogen) atoms. The highest BCUT2D eigenvalue weighted by Gasteiger charge is 2.15. The molecule has 0 radical (unpaired) electrons. The topological polar surface area (TPSA) is 35.0 Å². The summed E-state index contributed by atoms with van der Waals surface area (Å²) in [6.07, 6.45) is 0. The Morgan fingerprint density at radius 3 is 2.29 bits per heavy atom. The van der Waals surface area contributed by atoms with Crippen molar-refractivity contribution >= 4 is 34.2 Å². The third-order valence-electron chi connectivity index (χ3n) is 3.17. The Labute approximate surface area is 144 Å². The van der Waals surface area contributed by atoms with Crippen molar-refractivity contribution in [3.05, 3.63) is 44.2 Å². The number of rotatable bonds is 3. The van der Waals surface area contributed by atoms with Gasteiger partial charge in [0.1, 0.15) is 5.15 Å². The minimum absolute atomic E-state index is 0.129. The molecule has 112 valence electrons. The van der Waals surface area contributed by atoms with Crippen molar-refractivity contribution in [2.75, 3.05) is 7.11 Å². The first-order valence-electron chi connectivity index (χ1n) is 6.64. The van der Waals surface area contributed by atoms with Gasteiger partial charge in [-0.3, -0.25) is 0 Å². The van der Waals surface area contributed by atoms with E-state index in [1.165, 1.54) is 5.56 Å². The number of benzene rings is 1. The molecule has 1 heterocycles. The van der Waals surface area contributed by atoms with E-state index < -0.39 is 0 Å². The minimum Gasteiger partial charge on any atom is -0.378 e. The molecule has 0 bridgehead atoms. The average Bonchev–Trinajstić information content (AvgIpc) is 2.43. The maximum atomic E-state index is 6.19. The number of hydrogen-bond acceptors (Lipinski definition) is 3. The van der Waals surface area contributed by atoms with Crippen LogP contribution in [0.3, 0.4) is 0 Å². The monoisotopic (exact) mass is 416 g/mol. The lowest BCUT2D eigenvalue weighted by molar-refractivity contribution is 0.181. The molecule has 0 saturated carbocycles. The van der Waals surface area contributed by atoms with Gasteiger partial charge in [0.2, 0.25) is 0 Å². The Bertz CT molecular complexity index is 636. The van der Waals surface area contributed by atoms with Crippen molar-refractivity contribution < 1.29 is 4.74 Å². The van der Waals surface area contributed by atoms with Crippen LogP contribution in [-0.2, 0) is 16.8 Å². The molecule has 0 saturated heterocycles. The van der Waals surface area contributed by atoms with Crippen molar-refractivity contribution in [1.29, 1.82) is 0 Å². The SMILES string of the molecule is COCc1nc(-c2ccc(C(C)(C)C)cc2)nc(Cl)c1I. The first-order chi connectivity index (χ1) is 9.82. The summed E-state index contributed by atoms with van der Waals surface area (Å²) in [5, 5.41) is 0.465. The van der Waals surface area contributed by atoms with Crippen LogP contribution in [0.25, 0.3) is 11.4 Å². The summed E-state index contributed by atoms with van der Waals surface area (Å²) in [7, 11) is 1.64. The highest BCUT2D eigenvalue weighted by Crippen LogP contribution is 2.27. The fourth-order valence-corrected chi connectivity index (χ4v) is 2.53. The van der Waals surface area contributed by atoms with Gasteiger partial charge in [0.05, 0.1) is 15.9 Å². The van der Waals surface area contributed by atoms with Crippen LogP contribution in [0.2, 0.25) is 5.15 Å². The summed E-state index contributed by atoms with van der Waals surface area (Å²) in [4.78, 5) is 8.93. The number of halogens is 2. The second kappa shape index (κ2) is 6.58. The molecule has 0 spiro atoms. The van der Waals surface area contributed by atoms with E-state index in [1.807, 2.05) is 12.1 Å². The number of nitrogens with zero attached hydrogens (tertiary/aromatic N) is 2.